The molecule has 0 aromatic carbocycles. The average Bonchev–Trinajstić information content (AvgIpc) is 2.64. The number of amides is 2. The van der Waals surface area contributed by atoms with Gasteiger partial charge in [0, 0.05) is 11.5 Å². The van der Waals surface area contributed by atoms with Crippen LogP contribution in [0.15, 0.2) is 0 Å². The Kier molecular flexibility index (Phi) is 3.94. The van der Waals surface area contributed by atoms with Crippen molar-refractivity contribution in [2.24, 2.45) is 5.41 Å². The highest BCUT2D eigenvalue weighted by Gasteiger charge is 2.32. The van der Waals surface area contributed by atoms with Gasteiger partial charge in [0.1, 0.15) is 6.04 Å². The van der Waals surface area contributed by atoms with Crippen LogP contribution in [0.25, 0.3) is 0 Å². The highest BCUT2D eigenvalue weighted by molar-refractivity contribution is 7.09. The summed E-state index contributed by atoms with van der Waals surface area (Å²) in [6, 6.07) is -1.64. The summed E-state index contributed by atoms with van der Waals surface area (Å²) in [5.74, 6) is -1.09. The normalized spacial score (nSPS) is 12.9. The molecule has 2 amide bonds. The van der Waals surface area contributed by atoms with Crippen molar-refractivity contribution in [2.45, 2.75) is 26.8 Å². The van der Waals surface area contributed by atoms with Crippen molar-refractivity contribution in [3.05, 3.63) is 0 Å². The maximum Gasteiger partial charge on any atom is 0.326 e. The van der Waals surface area contributed by atoms with Crippen molar-refractivity contribution < 1.29 is 14.7 Å². The third kappa shape index (κ3) is 3.94. The number of urea groups is 1. The summed E-state index contributed by atoms with van der Waals surface area (Å²) >= 11 is 0.903. The molecule has 0 aliphatic heterocycles. The number of anilines is 1. The van der Waals surface area contributed by atoms with Crippen molar-refractivity contribution >= 4 is 28.7 Å². The van der Waals surface area contributed by atoms with Crippen LogP contribution in [0.3, 0.4) is 0 Å². The zero-order valence-corrected chi connectivity index (χ0v) is 10.4. The third-order valence-corrected chi connectivity index (χ3v) is 2.42. The first-order chi connectivity index (χ1) is 7.80. The summed E-state index contributed by atoms with van der Waals surface area (Å²) in [7, 11) is 0. The monoisotopic (exact) mass is 259 g/mol. The van der Waals surface area contributed by atoms with E-state index < -0.39 is 23.5 Å². The van der Waals surface area contributed by atoms with Crippen LogP contribution >= 0.6 is 11.5 Å². The minimum atomic E-state index is -1.09. The first-order valence-corrected chi connectivity index (χ1v) is 5.53. The lowest BCUT2D eigenvalue weighted by Gasteiger charge is -2.27. The summed E-state index contributed by atoms with van der Waals surface area (Å²) in [5.41, 5.74) is -0.595. The van der Waals surface area contributed by atoms with Gasteiger partial charge in [0.05, 0.1) is 0 Å². The van der Waals surface area contributed by atoms with Gasteiger partial charge in [-0.25, -0.2) is 9.59 Å². The summed E-state index contributed by atoms with van der Waals surface area (Å²) in [4.78, 5) is 22.5. The second-order valence-corrected chi connectivity index (χ2v) is 5.14. The van der Waals surface area contributed by atoms with Gasteiger partial charge in [-0.3, -0.25) is 5.32 Å². The summed E-state index contributed by atoms with van der Waals surface area (Å²) in [6.45, 7) is 5.16. The van der Waals surface area contributed by atoms with Crippen LogP contribution in [0.4, 0.5) is 9.93 Å². The highest BCUT2D eigenvalue weighted by atomic mass is 32.1. The quantitative estimate of drug-likeness (QED) is 0.729. The number of carbonyl (C=O) groups is 2. The summed E-state index contributed by atoms with van der Waals surface area (Å²) in [6.07, 6.45) is 0. The molecule has 1 heterocycles. The van der Waals surface area contributed by atoms with Gasteiger partial charge < -0.3 is 10.4 Å². The van der Waals surface area contributed by atoms with E-state index in [0.29, 0.717) is 0 Å². The fourth-order valence-corrected chi connectivity index (χ4v) is 1.46. The van der Waals surface area contributed by atoms with Crippen molar-refractivity contribution in [3.8, 4) is 0 Å². The van der Waals surface area contributed by atoms with E-state index in [1.807, 2.05) is 0 Å². The van der Waals surface area contributed by atoms with Gasteiger partial charge in [-0.2, -0.15) is 0 Å². The first kappa shape index (κ1) is 13.3. The Morgan fingerprint density at radius 1 is 1.41 bits per heavy atom. The molecule has 0 aliphatic rings. The lowest BCUT2D eigenvalue weighted by Crippen LogP contribution is -2.50. The number of aromatic nitrogens is 3. The summed E-state index contributed by atoms with van der Waals surface area (Å²) < 4.78 is 3.46. The second kappa shape index (κ2) is 5.04. The van der Waals surface area contributed by atoms with Crippen LogP contribution in [0.1, 0.15) is 20.8 Å². The van der Waals surface area contributed by atoms with Crippen molar-refractivity contribution in [1.82, 2.24) is 20.1 Å². The standard InChI is InChI=1S/C8H13N5O3S/c1-8(2,3)4(5(14)15)9-6(16)10-7-11-12-13-17-7/h4H,1-3H3,(H,14,15)(H2,9,10,11,13,16)/t4-/m1/s1. The average molecular weight is 259 g/mol. The molecule has 94 valence electrons. The number of carboxylic acid groups (broad SMARTS) is 1. The maximum atomic E-state index is 11.5. The molecule has 8 nitrogen and oxygen atoms in total. The molecular weight excluding hydrogens is 246 g/mol. The molecule has 1 rings (SSSR count). The van der Waals surface area contributed by atoms with E-state index in [2.05, 4.69) is 25.4 Å². The Balaban J connectivity index is 2.62. The Bertz CT molecular complexity index is 400. The predicted octanol–water partition coefficient (Wildman–Crippen LogP) is 0.554. The van der Waals surface area contributed by atoms with E-state index in [-0.39, 0.29) is 5.13 Å². The molecule has 0 spiro atoms. The maximum absolute atomic E-state index is 11.5. The van der Waals surface area contributed by atoms with Crippen LogP contribution in [0, 0.1) is 5.41 Å². The fraction of sp³-hybridized carbons (Fsp3) is 0.625. The Morgan fingerprint density at radius 3 is 2.47 bits per heavy atom. The van der Waals surface area contributed by atoms with Crippen LogP contribution in [-0.4, -0.2) is 37.9 Å². The smallest absolute Gasteiger partial charge is 0.326 e. The van der Waals surface area contributed by atoms with E-state index in [1.54, 1.807) is 20.8 Å². The fourth-order valence-electron chi connectivity index (χ4n) is 1.09. The molecule has 1 aromatic heterocycles. The number of rotatable bonds is 3. The van der Waals surface area contributed by atoms with E-state index in [9.17, 15) is 9.59 Å². The van der Waals surface area contributed by atoms with E-state index >= 15 is 0 Å². The molecular formula is C8H13N5O3S. The Labute approximate surface area is 102 Å². The predicted molar refractivity (Wildman–Crippen MR) is 60.7 cm³/mol. The molecule has 3 N–H and O–H groups in total. The van der Waals surface area contributed by atoms with Gasteiger partial charge in [-0.05, 0) is 10.6 Å². The van der Waals surface area contributed by atoms with Gasteiger partial charge in [-0.1, -0.05) is 30.4 Å². The molecule has 17 heavy (non-hydrogen) atoms. The van der Waals surface area contributed by atoms with Gasteiger partial charge in [0.15, 0.2) is 0 Å². The van der Waals surface area contributed by atoms with Gasteiger partial charge in [-0.15, -0.1) is 0 Å². The number of carboxylic acids is 1. The molecule has 0 bridgehead atoms. The van der Waals surface area contributed by atoms with Crippen LogP contribution in [0.5, 0.6) is 0 Å². The molecule has 0 aliphatic carbocycles. The van der Waals surface area contributed by atoms with E-state index in [1.165, 1.54) is 0 Å². The minimum absolute atomic E-state index is 0.209. The molecule has 0 radical (unpaired) electrons. The number of nitrogens with one attached hydrogen (secondary N) is 2. The number of nitrogens with zero attached hydrogens (tertiary/aromatic N) is 3. The lowest BCUT2D eigenvalue weighted by molar-refractivity contribution is -0.141. The van der Waals surface area contributed by atoms with Gasteiger partial charge in [0.2, 0.25) is 5.13 Å². The first-order valence-electron chi connectivity index (χ1n) is 4.76. The Hall–Kier alpha value is -1.77. The van der Waals surface area contributed by atoms with E-state index in [0.717, 1.165) is 11.5 Å². The molecule has 0 unspecified atom stereocenters. The van der Waals surface area contributed by atoms with Gasteiger partial charge in [0.25, 0.3) is 0 Å². The lowest BCUT2D eigenvalue weighted by atomic mass is 9.87. The van der Waals surface area contributed by atoms with Crippen molar-refractivity contribution in [3.63, 3.8) is 0 Å². The largest absolute Gasteiger partial charge is 0.480 e. The van der Waals surface area contributed by atoms with Crippen LogP contribution in [-0.2, 0) is 4.79 Å². The molecule has 0 fully saturated rings. The van der Waals surface area contributed by atoms with Crippen LogP contribution in [0.2, 0.25) is 0 Å². The molecule has 9 heteroatoms. The highest BCUT2D eigenvalue weighted by Crippen LogP contribution is 2.19. The number of carbonyl (C=O) groups excluding carboxylic acids is 1. The topological polar surface area (TPSA) is 117 Å². The third-order valence-electron chi connectivity index (χ3n) is 1.91. The van der Waals surface area contributed by atoms with Crippen molar-refractivity contribution in [2.75, 3.05) is 5.32 Å². The molecule has 1 atom stereocenters. The zero-order chi connectivity index (χ0) is 13.1. The van der Waals surface area contributed by atoms with Crippen molar-refractivity contribution in [1.29, 1.82) is 0 Å². The van der Waals surface area contributed by atoms with Crippen LogP contribution < -0.4 is 10.6 Å². The Morgan fingerprint density at radius 2 is 2.06 bits per heavy atom. The zero-order valence-electron chi connectivity index (χ0n) is 9.59. The second-order valence-electron chi connectivity index (χ2n) is 4.40. The van der Waals surface area contributed by atoms with E-state index in [4.69, 9.17) is 5.11 Å². The van der Waals surface area contributed by atoms with Gasteiger partial charge >= 0.3 is 12.0 Å². The SMILES string of the molecule is CC(C)(C)[C@H](NC(=O)Nc1nnns1)C(=O)O. The number of hydrogen-bond donors (Lipinski definition) is 3. The summed E-state index contributed by atoms with van der Waals surface area (Å²) in [5, 5.41) is 20.7. The number of hydrogen-bond acceptors (Lipinski definition) is 6. The number of aliphatic carboxylic acids is 1. The molecule has 0 saturated carbocycles. The molecule has 0 saturated heterocycles. The minimum Gasteiger partial charge on any atom is -0.480 e. The molecule has 1 aromatic rings.